The molecule has 100 valence electrons. The second-order valence-corrected chi connectivity index (χ2v) is 4.84. The summed E-state index contributed by atoms with van der Waals surface area (Å²) in [5, 5.41) is 0.620. The van der Waals surface area contributed by atoms with Crippen LogP contribution >= 0.6 is 11.6 Å². The molecule has 0 amide bonds. The van der Waals surface area contributed by atoms with E-state index in [0.717, 1.165) is 5.69 Å². The Morgan fingerprint density at radius 1 is 1.00 bits per heavy atom. The zero-order chi connectivity index (χ0) is 13.9. The highest BCUT2D eigenvalue weighted by atomic mass is 35.5. The molecule has 0 N–H and O–H groups in total. The van der Waals surface area contributed by atoms with E-state index in [1.807, 2.05) is 48.5 Å². The highest BCUT2D eigenvalue weighted by Gasteiger charge is 2.11. The van der Waals surface area contributed by atoms with Crippen LogP contribution in [0.3, 0.4) is 0 Å². The van der Waals surface area contributed by atoms with Crippen molar-refractivity contribution < 1.29 is 0 Å². The normalized spacial score (nSPS) is 10.8. The lowest BCUT2D eigenvalue weighted by atomic mass is 10.2. The lowest BCUT2D eigenvalue weighted by Gasteiger charge is -2.12. The molecule has 3 nitrogen and oxygen atoms in total. The van der Waals surface area contributed by atoms with E-state index in [0.29, 0.717) is 29.0 Å². The SMILES string of the molecule is O=c1c2ccccc2nc(CCCl)n1-c1ccccc1. The number of aromatic nitrogens is 2. The van der Waals surface area contributed by atoms with Crippen LogP contribution < -0.4 is 5.56 Å². The Morgan fingerprint density at radius 2 is 1.70 bits per heavy atom. The van der Waals surface area contributed by atoms with E-state index in [-0.39, 0.29) is 5.56 Å². The Kier molecular flexibility index (Phi) is 3.52. The van der Waals surface area contributed by atoms with Crippen LogP contribution in [0.5, 0.6) is 0 Å². The van der Waals surface area contributed by atoms with E-state index < -0.39 is 0 Å². The lowest BCUT2D eigenvalue weighted by Crippen LogP contribution is -2.24. The molecule has 0 bridgehead atoms. The van der Waals surface area contributed by atoms with Crippen LogP contribution in [0.1, 0.15) is 5.82 Å². The van der Waals surface area contributed by atoms with Crippen molar-refractivity contribution >= 4 is 22.5 Å². The first kappa shape index (κ1) is 12.9. The maximum atomic E-state index is 12.7. The number of para-hydroxylation sites is 2. The summed E-state index contributed by atoms with van der Waals surface area (Å²) in [6.45, 7) is 0. The standard InChI is InChI=1S/C16H13ClN2O/c17-11-10-15-18-14-9-5-4-8-13(14)16(20)19(15)12-6-2-1-3-7-12/h1-9H,10-11H2. The Labute approximate surface area is 121 Å². The van der Waals surface area contributed by atoms with Crippen LogP contribution in [-0.2, 0) is 6.42 Å². The molecule has 2 aromatic carbocycles. The molecule has 1 aromatic heterocycles. The molecule has 0 aliphatic rings. The Balaban J connectivity index is 2.36. The molecule has 0 fully saturated rings. The van der Waals surface area contributed by atoms with Gasteiger partial charge in [-0.1, -0.05) is 30.3 Å². The quantitative estimate of drug-likeness (QED) is 0.693. The smallest absolute Gasteiger partial charge is 0.265 e. The predicted molar refractivity (Wildman–Crippen MR) is 81.8 cm³/mol. The second kappa shape index (κ2) is 5.47. The summed E-state index contributed by atoms with van der Waals surface area (Å²) in [4.78, 5) is 17.3. The fourth-order valence-corrected chi connectivity index (χ4v) is 2.44. The van der Waals surface area contributed by atoms with Crippen LogP contribution in [0.4, 0.5) is 0 Å². The van der Waals surface area contributed by atoms with Gasteiger partial charge < -0.3 is 0 Å². The maximum Gasteiger partial charge on any atom is 0.265 e. The summed E-state index contributed by atoms with van der Waals surface area (Å²) < 4.78 is 1.64. The van der Waals surface area contributed by atoms with Crippen molar-refractivity contribution in [2.75, 3.05) is 5.88 Å². The zero-order valence-electron chi connectivity index (χ0n) is 10.8. The van der Waals surface area contributed by atoms with E-state index >= 15 is 0 Å². The van der Waals surface area contributed by atoms with Crippen LogP contribution in [0, 0.1) is 0 Å². The van der Waals surface area contributed by atoms with Gasteiger partial charge in [0, 0.05) is 12.3 Å². The molecule has 4 heteroatoms. The number of nitrogens with zero attached hydrogens (tertiary/aromatic N) is 2. The van der Waals surface area contributed by atoms with Gasteiger partial charge in [0.15, 0.2) is 0 Å². The highest BCUT2D eigenvalue weighted by molar-refractivity contribution is 6.17. The minimum absolute atomic E-state index is 0.0538. The first-order valence-electron chi connectivity index (χ1n) is 6.43. The Bertz CT molecular complexity index is 796. The Morgan fingerprint density at radius 3 is 2.45 bits per heavy atom. The number of alkyl halides is 1. The number of hydrogen-bond donors (Lipinski definition) is 0. The summed E-state index contributed by atoms with van der Waals surface area (Å²) in [5.41, 5.74) is 1.47. The van der Waals surface area contributed by atoms with E-state index in [1.54, 1.807) is 10.6 Å². The molecule has 20 heavy (non-hydrogen) atoms. The first-order chi connectivity index (χ1) is 9.81. The third kappa shape index (κ3) is 2.21. The summed E-state index contributed by atoms with van der Waals surface area (Å²) in [5.74, 6) is 1.12. The van der Waals surface area contributed by atoms with Crippen LogP contribution in [-0.4, -0.2) is 15.4 Å². The molecule has 0 aliphatic heterocycles. The van der Waals surface area contributed by atoms with Crippen molar-refractivity contribution in [3.8, 4) is 5.69 Å². The number of hydrogen-bond acceptors (Lipinski definition) is 2. The van der Waals surface area contributed by atoms with Gasteiger partial charge >= 0.3 is 0 Å². The van der Waals surface area contributed by atoms with Gasteiger partial charge in [-0.3, -0.25) is 9.36 Å². The van der Waals surface area contributed by atoms with Crippen molar-refractivity contribution in [1.29, 1.82) is 0 Å². The average molecular weight is 285 g/mol. The molecule has 0 unspecified atom stereocenters. The number of aryl methyl sites for hydroxylation is 1. The maximum absolute atomic E-state index is 12.7. The fourth-order valence-electron chi connectivity index (χ4n) is 2.27. The van der Waals surface area contributed by atoms with Gasteiger partial charge in [-0.2, -0.15) is 0 Å². The minimum atomic E-state index is -0.0538. The number of rotatable bonds is 3. The average Bonchev–Trinajstić information content (AvgIpc) is 2.49. The van der Waals surface area contributed by atoms with Crippen molar-refractivity contribution in [3.05, 3.63) is 70.8 Å². The van der Waals surface area contributed by atoms with Crippen molar-refractivity contribution in [3.63, 3.8) is 0 Å². The van der Waals surface area contributed by atoms with Crippen molar-refractivity contribution in [1.82, 2.24) is 9.55 Å². The molecule has 3 aromatic rings. The van der Waals surface area contributed by atoms with Gasteiger partial charge in [0.2, 0.25) is 0 Å². The largest absolute Gasteiger partial charge is 0.268 e. The second-order valence-electron chi connectivity index (χ2n) is 4.46. The first-order valence-corrected chi connectivity index (χ1v) is 6.97. The van der Waals surface area contributed by atoms with E-state index in [1.165, 1.54) is 0 Å². The van der Waals surface area contributed by atoms with Crippen LogP contribution in [0.25, 0.3) is 16.6 Å². The highest BCUT2D eigenvalue weighted by Crippen LogP contribution is 2.13. The Hall–Kier alpha value is -2.13. The molecule has 1 heterocycles. The number of benzene rings is 2. The molecule has 0 aliphatic carbocycles. The molecule has 0 atom stereocenters. The molecular formula is C16H13ClN2O. The van der Waals surface area contributed by atoms with Gasteiger partial charge in [0.25, 0.3) is 5.56 Å². The summed E-state index contributed by atoms with van der Waals surface area (Å²) in [7, 11) is 0. The van der Waals surface area contributed by atoms with Crippen molar-refractivity contribution in [2.24, 2.45) is 0 Å². The number of halogens is 1. The van der Waals surface area contributed by atoms with Gasteiger partial charge in [0.05, 0.1) is 16.6 Å². The van der Waals surface area contributed by atoms with Crippen molar-refractivity contribution in [2.45, 2.75) is 6.42 Å². The van der Waals surface area contributed by atoms with Crippen LogP contribution in [0.15, 0.2) is 59.4 Å². The third-order valence-electron chi connectivity index (χ3n) is 3.18. The van der Waals surface area contributed by atoms with Gasteiger partial charge in [-0.05, 0) is 24.3 Å². The van der Waals surface area contributed by atoms with E-state index in [9.17, 15) is 4.79 Å². The number of fused-ring (bicyclic) bond motifs is 1. The van der Waals surface area contributed by atoms with Gasteiger partial charge in [-0.15, -0.1) is 11.6 Å². The molecule has 0 radical (unpaired) electrons. The minimum Gasteiger partial charge on any atom is -0.268 e. The molecule has 0 saturated carbocycles. The zero-order valence-corrected chi connectivity index (χ0v) is 11.5. The van der Waals surface area contributed by atoms with Crippen LogP contribution in [0.2, 0.25) is 0 Å². The molecule has 3 rings (SSSR count). The summed E-state index contributed by atoms with van der Waals surface area (Å²) in [6.07, 6.45) is 0.552. The van der Waals surface area contributed by atoms with Gasteiger partial charge in [-0.25, -0.2) is 4.98 Å². The summed E-state index contributed by atoms with van der Waals surface area (Å²) in [6, 6.07) is 16.9. The third-order valence-corrected chi connectivity index (χ3v) is 3.37. The molecule has 0 saturated heterocycles. The predicted octanol–water partition coefficient (Wildman–Crippen LogP) is 3.17. The van der Waals surface area contributed by atoms with Gasteiger partial charge in [0.1, 0.15) is 5.82 Å². The molecule has 0 spiro atoms. The van der Waals surface area contributed by atoms with E-state index in [2.05, 4.69) is 4.98 Å². The molecular weight excluding hydrogens is 272 g/mol. The fraction of sp³-hybridized carbons (Fsp3) is 0.125. The van der Waals surface area contributed by atoms with E-state index in [4.69, 9.17) is 11.6 Å². The monoisotopic (exact) mass is 284 g/mol. The lowest BCUT2D eigenvalue weighted by molar-refractivity contribution is 0.836. The topological polar surface area (TPSA) is 34.9 Å². The summed E-state index contributed by atoms with van der Waals surface area (Å²) >= 11 is 5.84.